The van der Waals surface area contributed by atoms with Gasteiger partial charge < -0.3 is 20.7 Å². The first-order valence-corrected chi connectivity index (χ1v) is 8.23. The van der Waals surface area contributed by atoms with Crippen LogP contribution < -0.4 is 10.6 Å². The maximum Gasteiger partial charge on any atom is 0.387 e. The number of anilines is 4. The summed E-state index contributed by atoms with van der Waals surface area (Å²) in [7, 11) is 0. The fourth-order valence-corrected chi connectivity index (χ4v) is 2.70. The number of rotatable bonds is 5. The highest BCUT2D eigenvalue weighted by atomic mass is 16.6. The summed E-state index contributed by atoms with van der Waals surface area (Å²) in [4.78, 5) is 14.8. The van der Waals surface area contributed by atoms with Gasteiger partial charge in [0.2, 0.25) is 0 Å². The number of hydrogen-bond acceptors (Lipinski definition) is 6. The highest BCUT2D eigenvalue weighted by Gasteiger charge is 2.17. The van der Waals surface area contributed by atoms with Crippen LogP contribution in [-0.2, 0) is 0 Å². The van der Waals surface area contributed by atoms with Gasteiger partial charge in [-0.05, 0) is 65.2 Å². The highest BCUT2D eigenvalue weighted by molar-refractivity contribution is 5.74. The van der Waals surface area contributed by atoms with E-state index >= 15 is 0 Å². The van der Waals surface area contributed by atoms with Gasteiger partial charge in [-0.1, -0.05) is 18.2 Å². The average Bonchev–Trinajstić information content (AvgIpc) is 2.65. The van der Waals surface area contributed by atoms with Crippen molar-refractivity contribution in [2.75, 3.05) is 10.6 Å². The molecule has 134 valence electrons. The van der Waals surface area contributed by atoms with Crippen LogP contribution in [0.1, 0.15) is 16.7 Å². The van der Waals surface area contributed by atoms with Crippen LogP contribution in [0.25, 0.3) is 0 Å². The van der Waals surface area contributed by atoms with Gasteiger partial charge in [-0.2, -0.15) is 5.26 Å². The van der Waals surface area contributed by atoms with Gasteiger partial charge in [0.05, 0.1) is 17.3 Å². The van der Waals surface area contributed by atoms with E-state index in [0.717, 1.165) is 16.8 Å². The lowest BCUT2D eigenvalue weighted by Crippen LogP contribution is -2.02. The predicted molar refractivity (Wildman–Crippen MR) is 105 cm³/mol. The lowest BCUT2D eigenvalue weighted by Gasteiger charge is -2.13. The van der Waals surface area contributed by atoms with Crippen LogP contribution in [0, 0.1) is 35.3 Å². The Kier molecular flexibility index (Phi) is 4.99. The summed E-state index contributed by atoms with van der Waals surface area (Å²) in [5.41, 5.74) is 5.11. The number of para-hydroxylation sites is 1. The summed E-state index contributed by atoms with van der Waals surface area (Å²) in [6, 6.07) is 16.3. The molecule has 7 heteroatoms. The maximum atomic E-state index is 11.3. The van der Waals surface area contributed by atoms with Crippen molar-refractivity contribution in [3.8, 4) is 6.07 Å². The number of nitriles is 1. The molecule has 0 amide bonds. The fraction of sp³-hybridized carbons (Fsp3) is 0.100. The molecule has 0 unspecified atom stereocenters. The summed E-state index contributed by atoms with van der Waals surface area (Å²) in [6.45, 7) is 3.98. The summed E-state index contributed by atoms with van der Waals surface area (Å²) in [5, 5.41) is 26.5. The molecule has 0 atom stereocenters. The van der Waals surface area contributed by atoms with Gasteiger partial charge >= 0.3 is 5.82 Å². The third-order valence-corrected chi connectivity index (χ3v) is 4.08. The van der Waals surface area contributed by atoms with Crippen molar-refractivity contribution in [3.63, 3.8) is 0 Å². The third kappa shape index (κ3) is 4.02. The van der Waals surface area contributed by atoms with E-state index in [1.807, 2.05) is 38.1 Å². The van der Waals surface area contributed by atoms with Crippen LogP contribution in [0.15, 0.2) is 54.7 Å². The van der Waals surface area contributed by atoms with Crippen LogP contribution in [0.4, 0.5) is 28.6 Å². The quantitative estimate of drug-likeness (QED) is 0.492. The molecular formula is C20H17N5O2. The molecule has 0 aliphatic heterocycles. The number of pyridine rings is 1. The molecule has 0 fully saturated rings. The normalized spacial score (nSPS) is 10.1. The maximum absolute atomic E-state index is 11.3. The minimum Gasteiger partial charge on any atom is -0.358 e. The predicted octanol–water partition coefficient (Wildman–Crippen LogP) is 4.97. The summed E-state index contributed by atoms with van der Waals surface area (Å²) >= 11 is 0. The molecule has 0 saturated carbocycles. The Morgan fingerprint density at radius 1 is 1.04 bits per heavy atom. The zero-order chi connectivity index (χ0) is 19.4. The van der Waals surface area contributed by atoms with E-state index < -0.39 is 4.92 Å². The van der Waals surface area contributed by atoms with Gasteiger partial charge in [0.25, 0.3) is 0 Å². The molecule has 0 radical (unpaired) electrons. The highest BCUT2D eigenvalue weighted by Crippen LogP contribution is 2.31. The van der Waals surface area contributed by atoms with Gasteiger partial charge in [-0.3, -0.25) is 0 Å². The number of nitrogens with zero attached hydrogens (tertiary/aromatic N) is 3. The molecule has 0 saturated heterocycles. The van der Waals surface area contributed by atoms with Crippen LogP contribution in [0.3, 0.4) is 0 Å². The molecule has 3 aromatic rings. The molecular weight excluding hydrogens is 342 g/mol. The summed E-state index contributed by atoms with van der Waals surface area (Å²) < 4.78 is 0. The van der Waals surface area contributed by atoms with Crippen molar-refractivity contribution in [2.24, 2.45) is 0 Å². The zero-order valence-electron chi connectivity index (χ0n) is 14.9. The molecule has 0 bridgehead atoms. The van der Waals surface area contributed by atoms with Crippen molar-refractivity contribution >= 4 is 28.6 Å². The Balaban J connectivity index is 1.95. The number of aromatic nitrogens is 1. The van der Waals surface area contributed by atoms with Gasteiger partial charge in [0, 0.05) is 11.4 Å². The van der Waals surface area contributed by atoms with Gasteiger partial charge in [-0.25, -0.2) is 0 Å². The van der Waals surface area contributed by atoms with Crippen molar-refractivity contribution in [1.29, 1.82) is 5.26 Å². The Labute approximate surface area is 156 Å². The molecule has 1 heterocycles. The van der Waals surface area contributed by atoms with E-state index in [4.69, 9.17) is 5.26 Å². The molecule has 0 aliphatic carbocycles. The van der Waals surface area contributed by atoms with E-state index in [9.17, 15) is 10.1 Å². The summed E-state index contributed by atoms with van der Waals surface area (Å²) in [6.07, 6.45) is 1.44. The minimum atomic E-state index is -0.533. The van der Waals surface area contributed by atoms with Crippen molar-refractivity contribution in [3.05, 3.63) is 81.5 Å². The zero-order valence-corrected chi connectivity index (χ0v) is 14.9. The van der Waals surface area contributed by atoms with Crippen molar-refractivity contribution in [1.82, 2.24) is 4.98 Å². The molecule has 3 rings (SSSR count). The minimum absolute atomic E-state index is 0.265. The molecule has 2 N–H and O–H groups in total. The first kappa shape index (κ1) is 17.9. The van der Waals surface area contributed by atoms with E-state index in [1.54, 1.807) is 30.3 Å². The topological polar surface area (TPSA) is 104 Å². The molecule has 0 aliphatic rings. The Hall–Kier alpha value is -3.92. The van der Waals surface area contributed by atoms with E-state index in [0.29, 0.717) is 16.9 Å². The smallest absolute Gasteiger partial charge is 0.358 e. The Morgan fingerprint density at radius 2 is 1.70 bits per heavy atom. The second-order valence-electron chi connectivity index (χ2n) is 6.06. The molecule has 1 aromatic heterocycles. The second kappa shape index (κ2) is 7.54. The molecule has 7 nitrogen and oxygen atoms in total. The molecule has 27 heavy (non-hydrogen) atoms. The second-order valence-corrected chi connectivity index (χ2v) is 6.06. The first-order valence-electron chi connectivity index (χ1n) is 8.23. The monoisotopic (exact) mass is 359 g/mol. The number of aryl methyl sites for hydroxylation is 2. The van der Waals surface area contributed by atoms with Gasteiger partial charge in [0.15, 0.2) is 6.20 Å². The van der Waals surface area contributed by atoms with Crippen LogP contribution in [0.2, 0.25) is 0 Å². The molecule has 0 spiro atoms. The summed E-state index contributed by atoms with van der Waals surface area (Å²) in [5.74, 6) is -0.272. The Bertz CT molecular complexity index is 1020. The number of nitro groups is 1. The largest absolute Gasteiger partial charge is 0.387 e. The SMILES string of the molecule is Cc1cccc(C)c1Nc1cnc([N+](=O)[O-])c(Nc2ccc(C#N)cc2)c1. The average molecular weight is 359 g/mol. The first-order chi connectivity index (χ1) is 13.0. The number of nitrogens with one attached hydrogen (secondary N) is 2. The van der Waals surface area contributed by atoms with E-state index in [-0.39, 0.29) is 11.5 Å². The van der Waals surface area contributed by atoms with Crippen LogP contribution in [-0.4, -0.2) is 9.91 Å². The van der Waals surface area contributed by atoms with E-state index in [2.05, 4.69) is 15.6 Å². The number of benzene rings is 2. The van der Waals surface area contributed by atoms with E-state index in [1.165, 1.54) is 6.20 Å². The van der Waals surface area contributed by atoms with Crippen LogP contribution in [0.5, 0.6) is 0 Å². The van der Waals surface area contributed by atoms with Gasteiger partial charge in [0.1, 0.15) is 5.69 Å². The van der Waals surface area contributed by atoms with Crippen molar-refractivity contribution < 1.29 is 4.92 Å². The van der Waals surface area contributed by atoms with Crippen LogP contribution >= 0.6 is 0 Å². The fourth-order valence-electron chi connectivity index (χ4n) is 2.70. The lowest BCUT2D eigenvalue weighted by molar-refractivity contribution is -0.388. The standard InChI is InChI=1S/C20H17N5O2/c1-13-4-3-5-14(2)19(13)24-17-10-18(20(22-12-17)25(26)27)23-16-8-6-15(11-21)7-9-16/h3-10,12,23-24H,1-2H3. The Morgan fingerprint density at radius 3 is 2.30 bits per heavy atom. The van der Waals surface area contributed by atoms with Crippen molar-refractivity contribution in [2.45, 2.75) is 13.8 Å². The third-order valence-electron chi connectivity index (χ3n) is 4.08. The molecule has 2 aromatic carbocycles. The number of hydrogen-bond donors (Lipinski definition) is 2. The lowest BCUT2D eigenvalue weighted by atomic mass is 10.1. The van der Waals surface area contributed by atoms with Gasteiger partial charge in [-0.15, -0.1) is 0 Å².